The van der Waals surface area contributed by atoms with Crippen LogP contribution in [0.3, 0.4) is 0 Å². The lowest BCUT2D eigenvalue weighted by atomic mass is 10.1. The third kappa shape index (κ3) is 4.12. The topological polar surface area (TPSA) is 27.1 Å². The Kier molecular flexibility index (Phi) is 5.54. The normalized spacial score (nSPS) is 11.3. The lowest BCUT2D eigenvalue weighted by Gasteiger charge is -2.12. The SMILES string of the molecule is Clc1ccc(-c2nc3ccccc3n2CCCOc2ccc3ccccc3c2)c(Cl)c1. The molecule has 0 aliphatic carbocycles. The fraction of sp³-hybridized carbons (Fsp3) is 0.115. The van der Waals surface area contributed by atoms with E-state index in [2.05, 4.69) is 34.9 Å². The predicted molar refractivity (Wildman–Crippen MR) is 129 cm³/mol. The van der Waals surface area contributed by atoms with Crippen molar-refractivity contribution in [3.8, 4) is 17.1 Å². The number of nitrogens with zero attached hydrogens (tertiary/aromatic N) is 2. The van der Waals surface area contributed by atoms with Gasteiger partial charge in [-0.25, -0.2) is 4.98 Å². The lowest BCUT2D eigenvalue weighted by Crippen LogP contribution is -2.06. The van der Waals surface area contributed by atoms with Crippen molar-refractivity contribution in [2.75, 3.05) is 6.61 Å². The Balaban J connectivity index is 1.37. The second-order valence-corrected chi connectivity index (χ2v) is 8.25. The Morgan fingerprint density at radius 2 is 1.61 bits per heavy atom. The third-order valence-electron chi connectivity index (χ3n) is 5.34. The number of para-hydroxylation sites is 2. The van der Waals surface area contributed by atoms with Crippen molar-refractivity contribution in [2.24, 2.45) is 0 Å². The molecule has 0 bridgehead atoms. The molecule has 1 heterocycles. The third-order valence-corrected chi connectivity index (χ3v) is 5.89. The summed E-state index contributed by atoms with van der Waals surface area (Å²) in [6, 6.07) is 28.1. The highest BCUT2D eigenvalue weighted by molar-refractivity contribution is 6.36. The van der Waals surface area contributed by atoms with Crippen LogP contribution in [0.15, 0.2) is 84.9 Å². The standard InChI is InChI=1S/C26H20Cl2N2O/c27-20-11-13-22(23(28)17-20)26-29-24-8-3-4-9-25(24)30(26)14-5-15-31-21-12-10-18-6-1-2-7-19(18)16-21/h1-4,6-13,16-17H,5,14-15H2. The number of imidazole rings is 1. The Labute approximate surface area is 190 Å². The smallest absolute Gasteiger partial charge is 0.142 e. The molecule has 5 rings (SSSR count). The molecule has 0 aliphatic heterocycles. The molecular formula is C26H20Cl2N2O. The predicted octanol–water partition coefficient (Wildman–Crippen LogP) is 7.63. The number of hydrogen-bond acceptors (Lipinski definition) is 2. The van der Waals surface area contributed by atoms with Crippen molar-refractivity contribution in [1.29, 1.82) is 0 Å². The van der Waals surface area contributed by atoms with E-state index in [0.29, 0.717) is 16.7 Å². The van der Waals surface area contributed by atoms with E-state index in [-0.39, 0.29) is 0 Å². The molecule has 0 fully saturated rings. The summed E-state index contributed by atoms with van der Waals surface area (Å²) in [6.07, 6.45) is 0.839. The molecule has 0 saturated heterocycles. The van der Waals surface area contributed by atoms with Crippen LogP contribution in [0.4, 0.5) is 0 Å². The Morgan fingerprint density at radius 3 is 2.48 bits per heavy atom. The Bertz CT molecular complexity index is 1380. The van der Waals surface area contributed by atoms with Crippen LogP contribution >= 0.6 is 23.2 Å². The first-order valence-corrected chi connectivity index (χ1v) is 11.0. The summed E-state index contributed by atoms with van der Waals surface area (Å²) in [5.41, 5.74) is 2.89. The van der Waals surface area contributed by atoms with Gasteiger partial charge in [-0.2, -0.15) is 0 Å². The zero-order valence-electron chi connectivity index (χ0n) is 16.8. The van der Waals surface area contributed by atoms with E-state index in [1.807, 2.05) is 48.5 Å². The molecule has 4 aromatic carbocycles. The average Bonchev–Trinajstić information content (AvgIpc) is 3.15. The quantitative estimate of drug-likeness (QED) is 0.250. The zero-order valence-corrected chi connectivity index (χ0v) is 18.3. The van der Waals surface area contributed by atoms with Crippen molar-refractivity contribution < 1.29 is 4.74 Å². The van der Waals surface area contributed by atoms with Crippen molar-refractivity contribution in [3.05, 3.63) is 95.0 Å². The number of fused-ring (bicyclic) bond motifs is 2. The molecule has 0 amide bonds. The minimum absolute atomic E-state index is 0.594. The van der Waals surface area contributed by atoms with E-state index in [1.54, 1.807) is 6.07 Å². The summed E-state index contributed by atoms with van der Waals surface area (Å²) < 4.78 is 8.23. The Morgan fingerprint density at radius 1 is 0.806 bits per heavy atom. The molecular weight excluding hydrogens is 427 g/mol. The molecule has 0 saturated carbocycles. The van der Waals surface area contributed by atoms with E-state index in [0.717, 1.165) is 41.1 Å². The van der Waals surface area contributed by atoms with Gasteiger partial charge in [0.05, 0.1) is 22.7 Å². The summed E-state index contributed by atoms with van der Waals surface area (Å²) in [5.74, 6) is 1.73. The van der Waals surface area contributed by atoms with Crippen LogP contribution in [-0.4, -0.2) is 16.2 Å². The van der Waals surface area contributed by atoms with Crippen molar-refractivity contribution in [3.63, 3.8) is 0 Å². The van der Waals surface area contributed by atoms with Gasteiger partial charge < -0.3 is 9.30 Å². The van der Waals surface area contributed by atoms with Crippen molar-refractivity contribution in [1.82, 2.24) is 9.55 Å². The second kappa shape index (κ2) is 8.62. The molecule has 0 unspecified atom stereocenters. The highest BCUT2D eigenvalue weighted by Crippen LogP contribution is 2.32. The van der Waals surface area contributed by atoms with E-state index in [1.165, 1.54) is 10.8 Å². The summed E-state index contributed by atoms with van der Waals surface area (Å²) in [6.45, 7) is 1.38. The monoisotopic (exact) mass is 446 g/mol. The van der Waals surface area contributed by atoms with Gasteiger partial charge in [0, 0.05) is 17.1 Å². The summed E-state index contributed by atoms with van der Waals surface area (Å²) >= 11 is 12.6. The minimum atomic E-state index is 0.594. The number of halogens is 2. The average molecular weight is 447 g/mol. The molecule has 0 atom stereocenters. The Hall–Kier alpha value is -3.01. The zero-order chi connectivity index (χ0) is 21.2. The number of benzene rings is 4. The van der Waals surface area contributed by atoms with Crippen LogP contribution < -0.4 is 4.74 Å². The molecule has 0 N–H and O–H groups in total. The van der Waals surface area contributed by atoms with Gasteiger partial charge in [-0.1, -0.05) is 65.7 Å². The molecule has 154 valence electrons. The molecule has 0 radical (unpaired) electrons. The number of ether oxygens (including phenoxy) is 1. The van der Waals surface area contributed by atoms with Gasteiger partial charge in [0.25, 0.3) is 0 Å². The van der Waals surface area contributed by atoms with Gasteiger partial charge in [0.15, 0.2) is 0 Å². The van der Waals surface area contributed by atoms with Crippen molar-refractivity contribution >= 4 is 45.0 Å². The fourth-order valence-electron chi connectivity index (χ4n) is 3.85. The van der Waals surface area contributed by atoms with Crippen LogP contribution in [0.25, 0.3) is 33.2 Å². The molecule has 5 heteroatoms. The summed E-state index contributed by atoms with van der Waals surface area (Å²) in [5, 5.41) is 3.60. The van der Waals surface area contributed by atoms with Crippen LogP contribution in [-0.2, 0) is 6.54 Å². The maximum absolute atomic E-state index is 6.49. The first kappa shape index (κ1) is 19.9. The fourth-order valence-corrected chi connectivity index (χ4v) is 4.34. The summed E-state index contributed by atoms with van der Waals surface area (Å²) in [7, 11) is 0. The van der Waals surface area contributed by atoms with Gasteiger partial charge in [0.2, 0.25) is 0 Å². The number of rotatable bonds is 6. The van der Waals surface area contributed by atoms with Gasteiger partial charge >= 0.3 is 0 Å². The van der Waals surface area contributed by atoms with Crippen molar-refractivity contribution in [2.45, 2.75) is 13.0 Å². The second-order valence-electron chi connectivity index (χ2n) is 7.41. The van der Waals surface area contributed by atoms with Gasteiger partial charge in [-0.05, 0) is 59.7 Å². The number of aryl methyl sites for hydroxylation is 1. The highest BCUT2D eigenvalue weighted by atomic mass is 35.5. The molecule has 0 aliphatic rings. The van der Waals surface area contributed by atoms with Gasteiger partial charge in [0.1, 0.15) is 11.6 Å². The van der Waals surface area contributed by atoms with Gasteiger partial charge in [-0.3, -0.25) is 0 Å². The van der Waals surface area contributed by atoms with Crippen LogP contribution in [0, 0.1) is 0 Å². The van der Waals surface area contributed by atoms with Crippen LogP contribution in [0.1, 0.15) is 6.42 Å². The number of hydrogen-bond donors (Lipinski definition) is 0. The van der Waals surface area contributed by atoms with E-state index in [9.17, 15) is 0 Å². The maximum Gasteiger partial charge on any atom is 0.142 e. The highest BCUT2D eigenvalue weighted by Gasteiger charge is 2.15. The summed E-state index contributed by atoms with van der Waals surface area (Å²) in [4.78, 5) is 4.84. The van der Waals surface area contributed by atoms with E-state index in [4.69, 9.17) is 32.9 Å². The maximum atomic E-state index is 6.49. The first-order chi connectivity index (χ1) is 15.2. The minimum Gasteiger partial charge on any atom is -0.494 e. The van der Waals surface area contributed by atoms with Crippen LogP contribution in [0.2, 0.25) is 10.0 Å². The largest absolute Gasteiger partial charge is 0.494 e. The van der Waals surface area contributed by atoms with E-state index >= 15 is 0 Å². The van der Waals surface area contributed by atoms with Gasteiger partial charge in [-0.15, -0.1) is 0 Å². The molecule has 5 aromatic rings. The van der Waals surface area contributed by atoms with E-state index < -0.39 is 0 Å². The lowest BCUT2D eigenvalue weighted by molar-refractivity contribution is 0.303. The number of aromatic nitrogens is 2. The first-order valence-electron chi connectivity index (χ1n) is 10.2. The molecule has 3 nitrogen and oxygen atoms in total. The van der Waals surface area contributed by atoms with Crippen LogP contribution in [0.5, 0.6) is 5.75 Å². The molecule has 1 aromatic heterocycles. The molecule has 0 spiro atoms. The molecule has 31 heavy (non-hydrogen) atoms.